The summed E-state index contributed by atoms with van der Waals surface area (Å²) in [6, 6.07) is 9.82. The second-order valence-corrected chi connectivity index (χ2v) is 8.11. The number of carbonyl (C=O) groups is 1. The van der Waals surface area contributed by atoms with Crippen LogP contribution in [0.15, 0.2) is 55.0 Å². The molecule has 1 aliphatic rings. The maximum atomic E-state index is 13.9. The smallest absolute Gasteiger partial charge is 0.253 e. The highest BCUT2D eigenvalue weighted by molar-refractivity contribution is 5.95. The van der Waals surface area contributed by atoms with Crippen molar-refractivity contribution in [1.29, 1.82) is 0 Å². The summed E-state index contributed by atoms with van der Waals surface area (Å²) in [4.78, 5) is 21.2. The Hall–Kier alpha value is -4.01. The highest BCUT2D eigenvalue weighted by Crippen LogP contribution is 2.27. The van der Waals surface area contributed by atoms with E-state index in [1.54, 1.807) is 29.0 Å². The first-order valence-electron chi connectivity index (χ1n) is 10.9. The molecule has 1 fully saturated rings. The van der Waals surface area contributed by atoms with Crippen molar-refractivity contribution in [3.63, 3.8) is 0 Å². The third kappa shape index (κ3) is 4.62. The first-order valence-corrected chi connectivity index (χ1v) is 10.9. The number of halogens is 1. The molecule has 33 heavy (non-hydrogen) atoms. The van der Waals surface area contributed by atoms with Crippen molar-refractivity contribution >= 4 is 17.5 Å². The highest BCUT2D eigenvalue weighted by Gasteiger charge is 2.19. The number of amides is 1. The fraction of sp³-hybridized carbons (Fsp3) is 0.250. The number of pyridine rings is 2. The van der Waals surface area contributed by atoms with Crippen molar-refractivity contribution in [2.24, 2.45) is 0 Å². The number of nitrogens with one attached hydrogen (secondary N) is 1. The third-order valence-corrected chi connectivity index (χ3v) is 5.75. The standard InChI is InChI=1S/C24H23FN6O2/c25-19-5-6-21(33-20-3-1-2-4-20)17(10-19)14-28-23(32)18-9-16(12-27-13-18)15-7-8-31-22(11-15)29-24(26)30-31/h5-13,20H,1-4,14H2,(H2,26,30)(H,28,32). The van der Waals surface area contributed by atoms with Gasteiger partial charge in [-0.2, -0.15) is 4.98 Å². The number of nitrogen functional groups attached to an aromatic ring is 1. The molecular weight excluding hydrogens is 423 g/mol. The Morgan fingerprint density at radius 3 is 2.85 bits per heavy atom. The summed E-state index contributed by atoms with van der Waals surface area (Å²) in [6.45, 7) is 0.147. The van der Waals surface area contributed by atoms with Gasteiger partial charge in [0, 0.05) is 36.3 Å². The van der Waals surface area contributed by atoms with Crippen LogP contribution in [0.3, 0.4) is 0 Å². The van der Waals surface area contributed by atoms with Gasteiger partial charge in [-0.05, 0) is 67.6 Å². The molecule has 0 radical (unpaired) electrons. The second kappa shape index (κ2) is 8.85. The fourth-order valence-corrected chi connectivity index (χ4v) is 4.06. The van der Waals surface area contributed by atoms with Crippen molar-refractivity contribution in [2.75, 3.05) is 5.73 Å². The summed E-state index contributed by atoms with van der Waals surface area (Å²) >= 11 is 0. The van der Waals surface area contributed by atoms with Crippen molar-refractivity contribution in [1.82, 2.24) is 24.9 Å². The summed E-state index contributed by atoms with van der Waals surface area (Å²) in [5.74, 6) is 0.114. The molecule has 1 saturated carbocycles. The Labute approximate surface area is 189 Å². The number of carbonyl (C=O) groups excluding carboxylic acids is 1. The maximum absolute atomic E-state index is 13.9. The average Bonchev–Trinajstić information content (AvgIpc) is 3.47. The van der Waals surface area contributed by atoms with E-state index >= 15 is 0 Å². The number of hydrogen-bond acceptors (Lipinski definition) is 6. The molecule has 1 aliphatic carbocycles. The van der Waals surface area contributed by atoms with E-state index in [9.17, 15) is 9.18 Å². The van der Waals surface area contributed by atoms with E-state index in [-0.39, 0.29) is 30.3 Å². The summed E-state index contributed by atoms with van der Waals surface area (Å²) in [7, 11) is 0. The Kier molecular flexibility index (Phi) is 5.60. The van der Waals surface area contributed by atoms with E-state index < -0.39 is 0 Å². The Morgan fingerprint density at radius 1 is 1.15 bits per heavy atom. The number of aromatic nitrogens is 4. The average molecular weight is 446 g/mol. The number of nitrogens with zero attached hydrogens (tertiary/aromatic N) is 4. The number of hydrogen-bond donors (Lipinski definition) is 2. The Balaban J connectivity index is 1.32. The lowest BCUT2D eigenvalue weighted by Gasteiger charge is -2.17. The Morgan fingerprint density at radius 2 is 2.00 bits per heavy atom. The van der Waals surface area contributed by atoms with E-state index in [1.165, 1.54) is 18.3 Å². The largest absolute Gasteiger partial charge is 0.490 e. The number of nitrogens with two attached hydrogens (primary N) is 1. The molecular formula is C24H23FN6O2. The lowest BCUT2D eigenvalue weighted by atomic mass is 10.1. The van der Waals surface area contributed by atoms with Gasteiger partial charge in [-0.25, -0.2) is 8.91 Å². The molecule has 1 aromatic carbocycles. The van der Waals surface area contributed by atoms with Crippen molar-refractivity contribution < 1.29 is 13.9 Å². The van der Waals surface area contributed by atoms with E-state index in [0.717, 1.165) is 36.8 Å². The number of ether oxygens (including phenoxy) is 1. The second-order valence-electron chi connectivity index (χ2n) is 8.11. The number of benzene rings is 1. The SMILES string of the molecule is Nc1nc2cc(-c3cncc(C(=O)NCc4cc(F)ccc4OC4CCCC4)c3)ccn2n1. The number of anilines is 1. The first kappa shape index (κ1) is 20.9. The van der Waals surface area contributed by atoms with Gasteiger partial charge >= 0.3 is 0 Å². The van der Waals surface area contributed by atoms with Crippen molar-refractivity contribution in [3.8, 4) is 16.9 Å². The molecule has 0 spiro atoms. The van der Waals surface area contributed by atoms with Crippen LogP contribution in [-0.4, -0.2) is 31.6 Å². The maximum Gasteiger partial charge on any atom is 0.253 e. The quantitative estimate of drug-likeness (QED) is 0.467. The molecule has 0 atom stereocenters. The van der Waals surface area contributed by atoms with Gasteiger partial charge in [0.2, 0.25) is 5.95 Å². The molecule has 8 nitrogen and oxygen atoms in total. The lowest BCUT2D eigenvalue weighted by molar-refractivity contribution is 0.0950. The molecule has 0 unspecified atom stereocenters. The monoisotopic (exact) mass is 446 g/mol. The fourth-order valence-electron chi connectivity index (χ4n) is 4.06. The van der Waals surface area contributed by atoms with Gasteiger partial charge in [0.05, 0.1) is 11.7 Å². The van der Waals surface area contributed by atoms with Gasteiger partial charge in [0.15, 0.2) is 5.65 Å². The number of fused-ring (bicyclic) bond motifs is 1. The third-order valence-electron chi connectivity index (χ3n) is 5.75. The minimum atomic E-state index is -0.369. The van der Waals surface area contributed by atoms with Crippen LogP contribution in [0, 0.1) is 5.82 Å². The van der Waals surface area contributed by atoms with Crippen LogP contribution in [0.25, 0.3) is 16.8 Å². The molecule has 168 valence electrons. The number of rotatable bonds is 6. The molecule has 1 amide bonds. The molecule has 5 rings (SSSR count). The Bertz CT molecular complexity index is 1320. The van der Waals surface area contributed by atoms with Crippen LogP contribution < -0.4 is 15.8 Å². The van der Waals surface area contributed by atoms with E-state index in [2.05, 4.69) is 20.4 Å². The molecule has 3 N–H and O–H groups in total. The van der Waals surface area contributed by atoms with Gasteiger partial charge < -0.3 is 15.8 Å². The zero-order chi connectivity index (χ0) is 22.8. The van der Waals surface area contributed by atoms with E-state index in [0.29, 0.717) is 22.5 Å². The van der Waals surface area contributed by atoms with Gasteiger partial charge in [0.1, 0.15) is 11.6 Å². The first-order chi connectivity index (χ1) is 16.0. The zero-order valence-electron chi connectivity index (χ0n) is 17.9. The zero-order valence-corrected chi connectivity index (χ0v) is 17.9. The molecule has 0 aliphatic heterocycles. The molecule has 3 aromatic heterocycles. The van der Waals surface area contributed by atoms with Gasteiger partial charge in [-0.1, -0.05) is 0 Å². The van der Waals surface area contributed by atoms with Crippen LogP contribution in [0.1, 0.15) is 41.6 Å². The van der Waals surface area contributed by atoms with Gasteiger partial charge in [-0.3, -0.25) is 9.78 Å². The normalized spacial score (nSPS) is 14.0. The highest BCUT2D eigenvalue weighted by atomic mass is 19.1. The topological polar surface area (TPSA) is 107 Å². The summed E-state index contributed by atoms with van der Waals surface area (Å²) in [5, 5.41) is 6.91. The van der Waals surface area contributed by atoms with Gasteiger partial charge in [0.25, 0.3) is 5.91 Å². The summed E-state index contributed by atoms with van der Waals surface area (Å²) in [6.07, 6.45) is 9.32. The van der Waals surface area contributed by atoms with Crippen LogP contribution in [0.5, 0.6) is 5.75 Å². The summed E-state index contributed by atoms with van der Waals surface area (Å²) < 4.78 is 21.5. The van der Waals surface area contributed by atoms with Crippen LogP contribution in [0.2, 0.25) is 0 Å². The minimum Gasteiger partial charge on any atom is -0.490 e. The van der Waals surface area contributed by atoms with Crippen molar-refractivity contribution in [3.05, 3.63) is 71.9 Å². The van der Waals surface area contributed by atoms with E-state index in [1.807, 2.05) is 12.1 Å². The lowest BCUT2D eigenvalue weighted by Crippen LogP contribution is -2.24. The summed E-state index contributed by atoms with van der Waals surface area (Å²) in [5.41, 5.74) is 8.83. The van der Waals surface area contributed by atoms with Gasteiger partial charge in [-0.15, -0.1) is 5.10 Å². The van der Waals surface area contributed by atoms with Crippen LogP contribution in [0.4, 0.5) is 10.3 Å². The predicted molar refractivity (Wildman–Crippen MR) is 121 cm³/mol. The van der Waals surface area contributed by atoms with Crippen molar-refractivity contribution in [2.45, 2.75) is 38.3 Å². The molecule has 3 heterocycles. The van der Waals surface area contributed by atoms with E-state index in [4.69, 9.17) is 10.5 Å². The van der Waals surface area contributed by atoms with Crippen LogP contribution in [-0.2, 0) is 6.54 Å². The predicted octanol–water partition coefficient (Wildman–Crippen LogP) is 3.76. The molecule has 0 saturated heterocycles. The molecule has 9 heteroatoms. The van der Waals surface area contributed by atoms with Crippen LogP contribution >= 0.6 is 0 Å². The molecule has 0 bridgehead atoms. The minimum absolute atomic E-state index is 0.142. The molecule has 4 aromatic rings.